The predicted molar refractivity (Wildman–Crippen MR) is 150 cm³/mol. The Morgan fingerprint density at radius 1 is 1.05 bits per heavy atom. The van der Waals surface area contributed by atoms with Crippen molar-refractivity contribution in [3.63, 3.8) is 0 Å². The van der Waals surface area contributed by atoms with E-state index >= 15 is 0 Å². The van der Waals surface area contributed by atoms with Gasteiger partial charge in [0, 0.05) is 23.2 Å². The molecule has 3 N–H and O–H groups in total. The molecule has 0 aliphatic heterocycles. The van der Waals surface area contributed by atoms with Crippen LogP contribution in [0.1, 0.15) is 50.7 Å². The third-order valence-corrected chi connectivity index (χ3v) is 6.43. The minimum absolute atomic E-state index is 0.0409. The Morgan fingerprint density at radius 3 is 2.30 bits per heavy atom. The first-order valence-corrected chi connectivity index (χ1v) is 13.0. The molecule has 8 nitrogen and oxygen atoms in total. The monoisotopic (exact) mass is 560 g/mol. The average Bonchev–Trinajstić information content (AvgIpc) is 3.18. The number of carbonyl (C=O) groups excluding carboxylic acids is 1. The maximum absolute atomic E-state index is 13.2. The molecule has 2 heterocycles. The summed E-state index contributed by atoms with van der Waals surface area (Å²) in [6, 6.07) is 10.7. The smallest absolute Gasteiger partial charge is 0.262 e. The van der Waals surface area contributed by atoms with Crippen LogP contribution in [0.15, 0.2) is 41.2 Å². The molecule has 0 fully saturated rings. The molecule has 0 atom stereocenters. The highest BCUT2D eigenvalue weighted by atomic mass is 35.5. The summed E-state index contributed by atoms with van der Waals surface area (Å²) in [5, 5.41) is 12.0. The Labute approximate surface area is 229 Å². The van der Waals surface area contributed by atoms with Gasteiger partial charge in [-0.3, -0.25) is 9.59 Å². The van der Waals surface area contributed by atoms with Gasteiger partial charge in [0.1, 0.15) is 16.9 Å². The molecule has 194 valence electrons. The van der Waals surface area contributed by atoms with Crippen LogP contribution >= 0.6 is 34.8 Å². The number of halogens is 3. The zero-order valence-corrected chi connectivity index (χ0v) is 23.1. The largest absolute Gasteiger partial charge is 0.325 e. The zero-order chi connectivity index (χ0) is 26.9. The summed E-state index contributed by atoms with van der Waals surface area (Å²) in [6.07, 6.45) is 0.360. The van der Waals surface area contributed by atoms with Gasteiger partial charge in [0.15, 0.2) is 5.65 Å². The Balaban J connectivity index is 1.68. The van der Waals surface area contributed by atoms with Crippen LogP contribution in [0.3, 0.4) is 0 Å². The lowest BCUT2D eigenvalue weighted by Crippen LogP contribution is -2.32. The van der Waals surface area contributed by atoms with Gasteiger partial charge in [-0.25, -0.2) is 9.67 Å². The van der Waals surface area contributed by atoms with E-state index in [0.29, 0.717) is 55.4 Å². The van der Waals surface area contributed by atoms with Gasteiger partial charge in [-0.2, -0.15) is 5.10 Å². The number of benzene rings is 2. The number of nitrogens with one attached hydrogen (secondary N) is 3. The molecule has 0 aliphatic rings. The molecular weight excluding hydrogens is 535 g/mol. The van der Waals surface area contributed by atoms with Gasteiger partial charge < -0.3 is 15.6 Å². The van der Waals surface area contributed by atoms with Crippen LogP contribution in [0.4, 0.5) is 5.69 Å². The van der Waals surface area contributed by atoms with Gasteiger partial charge in [-0.15, -0.1) is 0 Å². The lowest BCUT2D eigenvalue weighted by Gasteiger charge is -2.10. The lowest BCUT2D eigenvalue weighted by atomic mass is 10.1. The highest BCUT2D eigenvalue weighted by Gasteiger charge is 2.23. The molecule has 11 heteroatoms. The van der Waals surface area contributed by atoms with Gasteiger partial charge >= 0.3 is 0 Å². The second kappa shape index (κ2) is 11.2. The summed E-state index contributed by atoms with van der Waals surface area (Å²) in [4.78, 5) is 32.9. The van der Waals surface area contributed by atoms with Crippen molar-refractivity contribution in [2.24, 2.45) is 0 Å². The van der Waals surface area contributed by atoms with Crippen LogP contribution < -0.4 is 16.2 Å². The summed E-state index contributed by atoms with van der Waals surface area (Å²) in [5.74, 6) is 0.292. The summed E-state index contributed by atoms with van der Waals surface area (Å²) >= 11 is 19.0. The Bertz CT molecular complexity index is 1490. The molecule has 0 unspecified atom stereocenters. The third kappa shape index (κ3) is 6.15. The Morgan fingerprint density at radius 2 is 1.70 bits per heavy atom. The number of rotatable bonds is 8. The number of amides is 1. The average molecular weight is 562 g/mol. The highest BCUT2D eigenvalue weighted by Crippen LogP contribution is 2.34. The molecule has 2 aromatic heterocycles. The van der Waals surface area contributed by atoms with E-state index in [1.165, 1.54) is 4.68 Å². The molecule has 0 aliphatic carbocycles. The van der Waals surface area contributed by atoms with E-state index in [0.717, 1.165) is 5.56 Å². The van der Waals surface area contributed by atoms with Crippen molar-refractivity contribution >= 4 is 57.4 Å². The fraction of sp³-hybridized carbons (Fsp3) is 0.308. The summed E-state index contributed by atoms with van der Waals surface area (Å²) in [6.45, 7) is 8.09. The fourth-order valence-electron chi connectivity index (χ4n) is 3.88. The zero-order valence-electron chi connectivity index (χ0n) is 20.8. The normalized spacial score (nSPS) is 11.6. The van der Waals surface area contributed by atoms with Gasteiger partial charge in [-0.05, 0) is 35.7 Å². The van der Waals surface area contributed by atoms with Crippen molar-refractivity contribution in [3.8, 4) is 5.69 Å². The van der Waals surface area contributed by atoms with Crippen LogP contribution in [0.5, 0.6) is 0 Å². The number of aromatic nitrogens is 4. The van der Waals surface area contributed by atoms with Gasteiger partial charge in [0.25, 0.3) is 5.56 Å². The molecule has 0 radical (unpaired) electrons. The second-order valence-corrected chi connectivity index (χ2v) is 10.6. The predicted octanol–water partition coefficient (Wildman–Crippen LogP) is 5.72. The highest BCUT2D eigenvalue weighted by molar-refractivity contribution is 6.40. The van der Waals surface area contributed by atoms with E-state index in [-0.39, 0.29) is 30.0 Å². The summed E-state index contributed by atoms with van der Waals surface area (Å²) in [5.41, 5.74) is 2.64. The first-order valence-electron chi connectivity index (χ1n) is 11.8. The number of anilines is 1. The van der Waals surface area contributed by atoms with Crippen molar-refractivity contribution in [2.75, 3.05) is 11.9 Å². The van der Waals surface area contributed by atoms with Crippen LogP contribution in [0.25, 0.3) is 16.7 Å². The fourth-order valence-corrected chi connectivity index (χ4v) is 4.86. The molecule has 4 aromatic rings. The standard InChI is InChI=1S/C26H27Cl3N6O2/c1-13(2)23-22-25(35(34-23)24-18(28)10-16(27)11-19(24)29)32-20(33-26(22)37)9-15-5-7-17(8-6-15)31-21(36)12-30-14(3)4/h5-8,10-11,13-14,30H,9,12H2,1-4H3,(H,31,36)(H,32,33,37). The SMILES string of the molecule is CC(C)NCC(=O)Nc1ccc(Cc2nc3c(c(C(C)C)nn3-c3c(Cl)cc(Cl)cc3Cl)c(=O)[nH]2)cc1. The van der Waals surface area contributed by atoms with Crippen molar-refractivity contribution in [3.05, 3.63) is 78.9 Å². The van der Waals surface area contributed by atoms with Gasteiger partial charge in [0.2, 0.25) is 5.91 Å². The van der Waals surface area contributed by atoms with Crippen LogP contribution in [0, 0.1) is 0 Å². The molecule has 4 rings (SSSR count). The van der Waals surface area contributed by atoms with E-state index in [2.05, 4.69) is 20.7 Å². The van der Waals surface area contributed by atoms with Crippen LogP contribution in [0.2, 0.25) is 15.1 Å². The molecule has 2 aromatic carbocycles. The molecule has 0 saturated heterocycles. The van der Waals surface area contributed by atoms with Gasteiger partial charge in [-0.1, -0.05) is 74.6 Å². The second-order valence-electron chi connectivity index (χ2n) is 9.34. The first-order chi connectivity index (χ1) is 17.5. The van der Waals surface area contributed by atoms with Crippen LogP contribution in [-0.2, 0) is 11.2 Å². The van der Waals surface area contributed by atoms with Gasteiger partial charge in [0.05, 0.1) is 22.3 Å². The van der Waals surface area contributed by atoms with E-state index in [1.54, 1.807) is 12.1 Å². The number of fused-ring (bicyclic) bond motifs is 1. The van der Waals surface area contributed by atoms with Crippen LogP contribution in [-0.4, -0.2) is 38.2 Å². The number of hydrogen-bond acceptors (Lipinski definition) is 5. The molecular formula is C26H27Cl3N6O2. The number of hydrogen-bond donors (Lipinski definition) is 3. The van der Waals surface area contributed by atoms with Crippen molar-refractivity contribution in [2.45, 2.75) is 46.1 Å². The first kappa shape index (κ1) is 27.1. The Hall–Kier alpha value is -2.91. The molecule has 0 spiro atoms. The topological polar surface area (TPSA) is 105 Å². The lowest BCUT2D eigenvalue weighted by molar-refractivity contribution is -0.115. The molecule has 0 saturated carbocycles. The minimum atomic E-state index is -0.294. The van der Waals surface area contributed by atoms with E-state index in [4.69, 9.17) is 39.8 Å². The number of carbonyl (C=O) groups is 1. The molecule has 37 heavy (non-hydrogen) atoms. The quantitative estimate of drug-likeness (QED) is 0.255. The van der Waals surface area contributed by atoms with E-state index in [9.17, 15) is 9.59 Å². The van der Waals surface area contributed by atoms with Crippen molar-refractivity contribution < 1.29 is 4.79 Å². The maximum Gasteiger partial charge on any atom is 0.262 e. The van der Waals surface area contributed by atoms with E-state index < -0.39 is 0 Å². The van der Waals surface area contributed by atoms with Crippen molar-refractivity contribution in [1.29, 1.82) is 0 Å². The Kier molecular flexibility index (Phi) is 8.23. The summed E-state index contributed by atoms with van der Waals surface area (Å²) < 4.78 is 1.51. The number of aromatic amines is 1. The maximum atomic E-state index is 13.2. The number of nitrogens with zero attached hydrogens (tertiary/aromatic N) is 3. The molecule has 1 amide bonds. The van der Waals surface area contributed by atoms with Crippen molar-refractivity contribution in [1.82, 2.24) is 25.1 Å². The third-order valence-electron chi connectivity index (χ3n) is 5.63. The minimum Gasteiger partial charge on any atom is -0.325 e. The van der Waals surface area contributed by atoms with E-state index in [1.807, 2.05) is 52.0 Å². The number of H-pyrrole nitrogens is 1. The summed E-state index contributed by atoms with van der Waals surface area (Å²) in [7, 11) is 0. The molecule has 0 bridgehead atoms.